The van der Waals surface area contributed by atoms with E-state index in [0.717, 1.165) is 0 Å². The highest BCUT2D eigenvalue weighted by molar-refractivity contribution is 5.57. The van der Waals surface area contributed by atoms with Crippen LogP contribution < -0.4 is 10.4 Å². The Hall–Kier alpha value is -1.56. The Balaban J connectivity index is 2.25. The zero-order valence-electron chi connectivity index (χ0n) is 9.45. The lowest BCUT2D eigenvalue weighted by Gasteiger charge is -2.16. The van der Waals surface area contributed by atoms with E-state index in [9.17, 15) is 0 Å². The summed E-state index contributed by atoms with van der Waals surface area (Å²) >= 11 is 0. The molecular weight excluding hydrogens is 192 g/mol. The average Bonchev–Trinajstić information content (AvgIpc) is 2.29. The normalized spacial score (nSPS) is 18.8. The van der Waals surface area contributed by atoms with Gasteiger partial charge in [0.05, 0.1) is 0 Å². The van der Waals surface area contributed by atoms with Crippen LogP contribution in [0.1, 0.15) is 25.7 Å². The molecule has 3 rings (SSSR count). The number of benzene rings is 1. The van der Waals surface area contributed by atoms with Crippen LogP contribution in [0.2, 0.25) is 0 Å². The standard InChI is InChI=1S/C16H16/c1-3-8-15-12-16-9-4-2-7-14(16)11-5-10-13(15)6-1/h1,3,5-6,8,10-12H,2,4,7,9H2. The van der Waals surface area contributed by atoms with E-state index in [-0.39, 0.29) is 0 Å². The van der Waals surface area contributed by atoms with Crippen molar-refractivity contribution in [3.05, 3.63) is 58.0 Å². The number of allylic oxidation sites excluding steroid dienone is 4. The Morgan fingerprint density at radius 2 is 1.56 bits per heavy atom. The lowest BCUT2D eigenvalue weighted by molar-refractivity contribution is 0.698. The van der Waals surface area contributed by atoms with Crippen LogP contribution in [-0.2, 0) is 0 Å². The van der Waals surface area contributed by atoms with E-state index in [1.54, 1.807) is 5.57 Å². The fraction of sp³-hybridized carbons (Fsp3) is 0.250. The van der Waals surface area contributed by atoms with Crippen molar-refractivity contribution in [2.45, 2.75) is 25.7 Å². The quantitative estimate of drug-likeness (QED) is 0.615. The molecule has 2 aliphatic rings. The first-order chi connectivity index (χ1) is 7.93. The fourth-order valence-electron chi connectivity index (χ4n) is 2.56. The molecule has 0 nitrogen and oxygen atoms in total. The van der Waals surface area contributed by atoms with Crippen LogP contribution in [-0.4, -0.2) is 0 Å². The summed E-state index contributed by atoms with van der Waals surface area (Å²) < 4.78 is 0. The monoisotopic (exact) mass is 208 g/mol. The Bertz CT molecular complexity index is 570. The van der Waals surface area contributed by atoms with Crippen LogP contribution in [0.25, 0.3) is 12.2 Å². The van der Waals surface area contributed by atoms with Crippen molar-refractivity contribution in [1.82, 2.24) is 0 Å². The molecule has 0 N–H and O–H groups in total. The highest BCUT2D eigenvalue weighted by Crippen LogP contribution is 2.26. The molecule has 0 saturated carbocycles. The Morgan fingerprint density at radius 3 is 2.44 bits per heavy atom. The molecule has 0 saturated heterocycles. The minimum atomic E-state index is 1.24. The van der Waals surface area contributed by atoms with Crippen molar-refractivity contribution in [2.75, 3.05) is 0 Å². The maximum atomic E-state index is 2.38. The molecular formula is C16H16. The van der Waals surface area contributed by atoms with Crippen LogP contribution in [0.15, 0.2) is 47.6 Å². The Kier molecular flexibility index (Phi) is 2.49. The molecule has 0 atom stereocenters. The van der Waals surface area contributed by atoms with Crippen molar-refractivity contribution in [3.63, 3.8) is 0 Å². The van der Waals surface area contributed by atoms with Gasteiger partial charge in [0.2, 0.25) is 0 Å². The summed E-state index contributed by atoms with van der Waals surface area (Å²) in [5.41, 5.74) is 3.08. The third-order valence-corrected chi connectivity index (χ3v) is 3.45. The Labute approximate surface area is 96.3 Å². The minimum absolute atomic E-state index is 1.24. The summed E-state index contributed by atoms with van der Waals surface area (Å²) in [4.78, 5) is 0. The first kappa shape index (κ1) is 9.65. The second kappa shape index (κ2) is 4.13. The fourth-order valence-corrected chi connectivity index (χ4v) is 2.56. The van der Waals surface area contributed by atoms with E-state index in [0.29, 0.717) is 0 Å². The van der Waals surface area contributed by atoms with Crippen LogP contribution in [0.5, 0.6) is 0 Å². The average molecular weight is 208 g/mol. The van der Waals surface area contributed by atoms with Crippen molar-refractivity contribution >= 4 is 12.2 Å². The van der Waals surface area contributed by atoms with Crippen LogP contribution >= 0.6 is 0 Å². The van der Waals surface area contributed by atoms with Gasteiger partial charge in [0.15, 0.2) is 0 Å². The van der Waals surface area contributed by atoms with Crippen LogP contribution in [0.3, 0.4) is 0 Å². The number of hydrogen-bond acceptors (Lipinski definition) is 0. The lowest BCUT2D eigenvalue weighted by atomic mass is 9.90. The molecule has 0 radical (unpaired) electrons. The van der Waals surface area contributed by atoms with Crippen LogP contribution in [0, 0.1) is 0 Å². The van der Waals surface area contributed by atoms with Crippen molar-refractivity contribution in [1.29, 1.82) is 0 Å². The van der Waals surface area contributed by atoms with Crippen LogP contribution in [0.4, 0.5) is 0 Å². The molecule has 0 heteroatoms. The molecule has 0 unspecified atom stereocenters. The van der Waals surface area contributed by atoms with Gasteiger partial charge in [0.1, 0.15) is 0 Å². The summed E-state index contributed by atoms with van der Waals surface area (Å²) in [5.74, 6) is 0. The number of hydrogen-bond donors (Lipinski definition) is 0. The van der Waals surface area contributed by atoms with Gasteiger partial charge in [-0.2, -0.15) is 0 Å². The first-order valence-corrected chi connectivity index (χ1v) is 6.11. The van der Waals surface area contributed by atoms with E-state index < -0.39 is 0 Å². The summed E-state index contributed by atoms with van der Waals surface area (Å²) in [6.45, 7) is 0. The summed E-state index contributed by atoms with van der Waals surface area (Å²) in [7, 11) is 0. The SMILES string of the molecule is C1=CC2=C(C=c3ccccc3=C1)CCCC2. The lowest BCUT2D eigenvalue weighted by Crippen LogP contribution is -2.24. The van der Waals surface area contributed by atoms with Gasteiger partial charge in [-0.3, -0.25) is 0 Å². The molecule has 1 aromatic carbocycles. The third-order valence-electron chi connectivity index (χ3n) is 3.45. The third kappa shape index (κ3) is 1.76. The largest absolute Gasteiger partial charge is 0.0616 e. The number of rotatable bonds is 0. The molecule has 0 bridgehead atoms. The predicted octanol–water partition coefficient (Wildman–Crippen LogP) is 2.69. The van der Waals surface area contributed by atoms with Gasteiger partial charge in [-0.15, -0.1) is 0 Å². The predicted molar refractivity (Wildman–Crippen MR) is 69.3 cm³/mol. The summed E-state index contributed by atoms with van der Waals surface area (Å²) in [5, 5.41) is 2.69. The van der Waals surface area contributed by atoms with Gasteiger partial charge in [-0.25, -0.2) is 0 Å². The molecule has 0 fully saturated rings. The molecule has 80 valence electrons. The van der Waals surface area contributed by atoms with Gasteiger partial charge >= 0.3 is 0 Å². The molecule has 1 aromatic rings. The van der Waals surface area contributed by atoms with Gasteiger partial charge in [-0.1, -0.05) is 48.6 Å². The Morgan fingerprint density at radius 1 is 0.812 bits per heavy atom. The van der Waals surface area contributed by atoms with Gasteiger partial charge < -0.3 is 0 Å². The summed E-state index contributed by atoms with van der Waals surface area (Å²) in [6, 6.07) is 8.63. The molecule has 16 heavy (non-hydrogen) atoms. The zero-order valence-corrected chi connectivity index (χ0v) is 9.45. The zero-order chi connectivity index (χ0) is 10.8. The van der Waals surface area contributed by atoms with Crippen molar-refractivity contribution < 1.29 is 0 Å². The van der Waals surface area contributed by atoms with Gasteiger partial charge in [0, 0.05) is 0 Å². The maximum absolute atomic E-state index is 2.38. The number of fused-ring (bicyclic) bond motifs is 1. The van der Waals surface area contributed by atoms with Crippen molar-refractivity contribution in [2.24, 2.45) is 0 Å². The molecule has 0 aromatic heterocycles. The minimum Gasteiger partial charge on any atom is -0.0616 e. The van der Waals surface area contributed by atoms with Gasteiger partial charge in [0.25, 0.3) is 0 Å². The van der Waals surface area contributed by atoms with Crippen molar-refractivity contribution in [3.8, 4) is 0 Å². The highest BCUT2D eigenvalue weighted by Gasteiger charge is 2.08. The molecule has 0 amide bonds. The van der Waals surface area contributed by atoms with E-state index in [4.69, 9.17) is 0 Å². The van der Waals surface area contributed by atoms with Gasteiger partial charge in [-0.05, 0) is 47.3 Å². The smallest absolute Gasteiger partial charge is 0.0181 e. The van der Waals surface area contributed by atoms with E-state index >= 15 is 0 Å². The molecule has 0 aliphatic heterocycles. The molecule has 0 spiro atoms. The second-order valence-corrected chi connectivity index (χ2v) is 4.56. The second-order valence-electron chi connectivity index (χ2n) is 4.56. The van der Waals surface area contributed by atoms with E-state index in [1.807, 2.05) is 0 Å². The molecule has 2 aliphatic carbocycles. The molecule has 0 heterocycles. The first-order valence-electron chi connectivity index (χ1n) is 6.11. The van der Waals surface area contributed by atoms with E-state index in [1.165, 1.54) is 41.7 Å². The topological polar surface area (TPSA) is 0 Å². The maximum Gasteiger partial charge on any atom is -0.0181 e. The highest BCUT2D eigenvalue weighted by atomic mass is 14.1. The summed E-state index contributed by atoms with van der Waals surface area (Å²) in [6.07, 6.45) is 14.3. The van der Waals surface area contributed by atoms with E-state index in [2.05, 4.69) is 48.6 Å².